The summed E-state index contributed by atoms with van der Waals surface area (Å²) >= 11 is 0. The Hall–Kier alpha value is -2.82. The lowest BCUT2D eigenvalue weighted by Crippen LogP contribution is -1.97. The molecule has 0 fully saturated rings. The molecule has 0 heterocycles. The highest BCUT2D eigenvalue weighted by molar-refractivity contribution is 5.48. The van der Waals surface area contributed by atoms with E-state index in [1.54, 1.807) is 0 Å². The van der Waals surface area contributed by atoms with Crippen molar-refractivity contribution >= 4 is 0 Å². The normalized spacial score (nSPS) is 9.93. The van der Waals surface area contributed by atoms with Gasteiger partial charge in [0.2, 0.25) is 0 Å². The van der Waals surface area contributed by atoms with Gasteiger partial charge in [-0.2, -0.15) is 0 Å². The first-order chi connectivity index (χ1) is 14.1. The molecule has 1 N–H and O–H groups in total. The van der Waals surface area contributed by atoms with Crippen LogP contribution in [0.25, 0.3) is 0 Å². The molecule has 0 amide bonds. The van der Waals surface area contributed by atoms with E-state index in [4.69, 9.17) is 9.84 Å². The zero-order valence-electron chi connectivity index (χ0n) is 16.7. The second-order valence-electron chi connectivity index (χ2n) is 6.67. The average molecular weight is 396 g/mol. The van der Waals surface area contributed by atoms with Crippen molar-refractivity contribution in [2.24, 2.45) is 0 Å². The predicted octanol–water partition coefficient (Wildman–Crippen LogP) is 5.45. The van der Waals surface area contributed by atoms with Crippen LogP contribution in [-0.2, 0) is 0 Å². The largest absolute Gasteiger partial charge is 0.494 e. The molecule has 0 aromatic heterocycles. The van der Waals surface area contributed by atoms with E-state index in [1.807, 2.05) is 24.3 Å². The van der Waals surface area contributed by atoms with Gasteiger partial charge >= 0.3 is 0 Å². The number of hydrogen-bond donors (Lipinski definition) is 1. The Kier molecular flexibility index (Phi) is 9.76. The third-order valence-electron chi connectivity index (χ3n) is 4.31. The molecule has 2 rings (SSSR count). The van der Waals surface area contributed by atoms with Gasteiger partial charge in [0.1, 0.15) is 24.0 Å². The Morgan fingerprint density at radius 1 is 0.828 bits per heavy atom. The summed E-state index contributed by atoms with van der Waals surface area (Å²) in [5.74, 6) is 9.33. The lowest BCUT2D eigenvalue weighted by atomic mass is 10.1. The zero-order chi connectivity index (χ0) is 20.9. The van der Waals surface area contributed by atoms with Crippen molar-refractivity contribution in [2.75, 3.05) is 13.2 Å². The van der Waals surface area contributed by atoms with Crippen molar-refractivity contribution < 1.29 is 18.6 Å². The van der Waals surface area contributed by atoms with Gasteiger partial charge in [0.05, 0.1) is 12.2 Å². The molecule has 152 valence electrons. The molecule has 0 aliphatic rings. The van der Waals surface area contributed by atoms with E-state index in [0.717, 1.165) is 29.9 Å². The molecule has 2 aromatic carbocycles. The highest BCUT2D eigenvalue weighted by Crippen LogP contribution is 2.15. The SMILES string of the molecule is CCCCCCCCOc1ccc(C#Cc2cc(F)c(C#CCO)c(F)c2)cc1. The number of aliphatic hydroxyl groups is 1. The highest BCUT2D eigenvalue weighted by atomic mass is 19.1. The van der Waals surface area contributed by atoms with Gasteiger partial charge in [-0.05, 0) is 42.8 Å². The van der Waals surface area contributed by atoms with Crippen molar-refractivity contribution in [1.29, 1.82) is 0 Å². The van der Waals surface area contributed by atoms with Gasteiger partial charge in [0.15, 0.2) is 0 Å². The maximum Gasteiger partial charge on any atom is 0.143 e. The number of halogens is 2. The molecule has 29 heavy (non-hydrogen) atoms. The smallest absolute Gasteiger partial charge is 0.143 e. The van der Waals surface area contributed by atoms with Crippen molar-refractivity contribution in [1.82, 2.24) is 0 Å². The van der Waals surface area contributed by atoms with E-state index in [1.165, 1.54) is 32.1 Å². The van der Waals surface area contributed by atoms with Crippen molar-refractivity contribution in [2.45, 2.75) is 45.4 Å². The Morgan fingerprint density at radius 2 is 1.45 bits per heavy atom. The fraction of sp³-hybridized carbons (Fsp3) is 0.360. The fourth-order valence-corrected chi connectivity index (χ4v) is 2.74. The Morgan fingerprint density at radius 3 is 2.10 bits per heavy atom. The minimum absolute atomic E-state index is 0.220. The minimum Gasteiger partial charge on any atom is -0.494 e. The topological polar surface area (TPSA) is 29.5 Å². The van der Waals surface area contributed by atoms with Crippen LogP contribution in [0.3, 0.4) is 0 Å². The first-order valence-electron chi connectivity index (χ1n) is 9.97. The third kappa shape index (κ3) is 7.98. The minimum atomic E-state index is -0.798. The molecule has 0 saturated heterocycles. The molecule has 2 aromatic rings. The lowest BCUT2D eigenvalue weighted by Gasteiger charge is -2.06. The summed E-state index contributed by atoms with van der Waals surface area (Å²) in [7, 11) is 0. The number of aliphatic hydroxyl groups excluding tert-OH is 1. The summed E-state index contributed by atoms with van der Waals surface area (Å²) in [5.41, 5.74) is 0.580. The molecule has 0 radical (unpaired) electrons. The molecule has 0 bridgehead atoms. The summed E-state index contributed by atoms with van der Waals surface area (Å²) in [6, 6.07) is 9.59. The first-order valence-corrected chi connectivity index (χ1v) is 9.97. The standard InChI is InChI=1S/C25H26F2O2/c1-2-3-4-5-6-7-17-29-22-14-12-20(13-15-22)10-11-21-18-24(26)23(9-8-16-28)25(27)19-21/h12-15,18-19,28H,2-7,16-17H2,1H3. The molecule has 0 unspecified atom stereocenters. The van der Waals surface area contributed by atoms with Gasteiger partial charge in [0.25, 0.3) is 0 Å². The Labute approximate surface area is 171 Å². The Bertz CT molecular complexity index is 873. The summed E-state index contributed by atoms with van der Waals surface area (Å²) in [5, 5.41) is 8.64. The van der Waals surface area contributed by atoms with Crippen molar-refractivity contribution in [3.8, 4) is 29.4 Å². The number of benzene rings is 2. The van der Waals surface area contributed by atoms with Crippen molar-refractivity contribution in [3.63, 3.8) is 0 Å². The monoisotopic (exact) mass is 396 g/mol. The summed E-state index contributed by atoms with van der Waals surface area (Å²) < 4.78 is 33.6. The maximum absolute atomic E-state index is 13.9. The van der Waals surface area contributed by atoms with Gasteiger partial charge in [-0.1, -0.05) is 62.7 Å². The summed E-state index contributed by atoms with van der Waals surface area (Å²) in [4.78, 5) is 0. The van der Waals surface area contributed by atoms with Crippen LogP contribution in [0.15, 0.2) is 36.4 Å². The number of hydrogen-bond acceptors (Lipinski definition) is 2. The average Bonchev–Trinajstić information content (AvgIpc) is 2.72. The molecular formula is C25H26F2O2. The van der Waals surface area contributed by atoms with E-state index in [2.05, 4.69) is 30.6 Å². The second-order valence-corrected chi connectivity index (χ2v) is 6.67. The van der Waals surface area contributed by atoms with Gasteiger partial charge < -0.3 is 9.84 Å². The van der Waals surface area contributed by atoms with E-state index in [9.17, 15) is 8.78 Å². The van der Waals surface area contributed by atoms with E-state index in [-0.39, 0.29) is 11.1 Å². The van der Waals surface area contributed by atoms with Gasteiger partial charge in [-0.15, -0.1) is 0 Å². The molecule has 4 heteroatoms. The van der Waals surface area contributed by atoms with Crippen LogP contribution < -0.4 is 4.74 Å². The van der Waals surface area contributed by atoms with Crippen LogP contribution >= 0.6 is 0 Å². The van der Waals surface area contributed by atoms with E-state index in [0.29, 0.717) is 6.61 Å². The summed E-state index contributed by atoms with van der Waals surface area (Å²) in [6.45, 7) is 2.44. The van der Waals surface area contributed by atoms with Gasteiger partial charge in [-0.25, -0.2) is 8.78 Å². The first kappa shape index (κ1) is 22.5. The van der Waals surface area contributed by atoms with Gasteiger partial charge in [-0.3, -0.25) is 0 Å². The molecule has 0 saturated carbocycles. The second kappa shape index (κ2) is 12.6. The lowest BCUT2D eigenvalue weighted by molar-refractivity contribution is 0.304. The molecule has 0 aliphatic carbocycles. The van der Waals surface area contributed by atoms with Crippen LogP contribution in [0, 0.1) is 35.3 Å². The van der Waals surface area contributed by atoms with E-state index < -0.39 is 18.2 Å². The Balaban J connectivity index is 1.90. The quantitative estimate of drug-likeness (QED) is 0.475. The van der Waals surface area contributed by atoms with Gasteiger partial charge in [0, 0.05) is 11.1 Å². The van der Waals surface area contributed by atoms with Crippen LogP contribution in [0.1, 0.15) is 62.1 Å². The molecular weight excluding hydrogens is 370 g/mol. The number of rotatable bonds is 8. The molecule has 2 nitrogen and oxygen atoms in total. The van der Waals surface area contributed by atoms with Crippen LogP contribution in [0.2, 0.25) is 0 Å². The number of unbranched alkanes of at least 4 members (excludes halogenated alkanes) is 5. The van der Waals surface area contributed by atoms with E-state index >= 15 is 0 Å². The maximum atomic E-state index is 13.9. The van der Waals surface area contributed by atoms with Crippen LogP contribution in [0.4, 0.5) is 8.78 Å². The molecule has 0 spiro atoms. The number of ether oxygens (including phenoxy) is 1. The fourth-order valence-electron chi connectivity index (χ4n) is 2.74. The summed E-state index contributed by atoms with van der Waals surface area (Å²) in [6.07, 6.45) is 7.31. The predicted molar refractivity (Wildman–Crippen MR) is 112 cm³/mol. The van der Waals surface area contributed by atoms with Crippen LogP contribution in [-0.4, -0.2) is 18.3 Å². The zero-order valence-corrected chi connectivity index (χ0v) is 16.7. The van der Waals surface area contributed by atoms with Crippen molar-refractivity contribution in [3.05, 3.63) is 64.7 Å². The molecule has 0 aliphatic heterocycles. The third-order valence-corrected chi connectivity index (χ3v) is 4.31. The highest BCUT2D eigenvalue weighted by Gasteiger charge is 2.08. The van der Waals surface area contributed by atoms with Crippen LogP contribution in [0.5, 0.6) is 5.75 Å². The molecule has 0 atom stereocenters.